The number of aliphatic imine (C=N–C) groups is 1. The predicted octanol–water partition coefficient (Wildman–Crippen LogP) is 2.55. The number of nitrogens with one attached hydrogen (secondary N) is 1. The highest BCUT2D eigenvalue weighted by Crippen LogP contribution is 2.22. The Morgan fingerprint density at radius 2 is 2.23 bits per heavy atom. The molecule has 8 nitrogen and oxygen atoms in total. The molecule has 1 aromatic heterocycles. The third-order valence-corrected chi connectivity index (χ3v) is 2.87. The summed E-state index contributed by atoms with van der Waals surface area (Å²) in [6, 6.07) is 6.17. The van der Waals surface area contributed by atoms with Gasteiger partial charge in [-0.15, -0.1) is 0 Å². The van der Waals surface area contributed by atoms with Crippen molar-refractivity contribution in [1.82, 2.24) is 10.2 Å². The van der Waals surface area contributed by atoms with Gasteiger partial charge in [-0.3, -0.25) is 15.2 Å². The molecule has 114 valence electrons. The Balaban J connectivity index is 2.36. The standard InChI is InChI=1S/C14H14N4O4/c1-3-22-14(19)12-9(2)16-17-13(12)15-8-10-6-4-5-7-11(10)18(20)21/h4-8H,3H2,1-2H3,(H,16,17). The lowest BCUT2D eigenvalue weighted by Gasteiger charge is -2.00. The van der Waals surface area contributed by atoms with Gasteiger partial charge in [-0.25, -0.2) is 9.79 Å². The number of H-pyrrole nitrogens is 1. The molecule has 0 aliphatic carbocycles. The van der Waals surface area contributed by atoms with E-state index in [0.29, 0.717) is 11.3 Å². The van der Waals surface area contributed by atoms with Crippen molar-refractivity contribution in [3.8, 4) is 0 Å². The van der Waals surface area contributed by atoms with Crippen LogP contribution in [0.4, 0.5) is 11.5 Å². The minimum absolute atomic E-state index is 0.0730. The lowest BCUT2D eigenvalue weighted by molar-refractivity contribution is -0.385. The third-order valence-electron chi connectivity index (χ3n) is 2.87. The summed E-state index contributed by atoms with van der Waals surface area (Å²) in [6.45, 7) is 3.60. The Bertz CT molecular complexity index is 736. The van der Waals surface area contributed by atoms with E-state index in [1.807, 2.05) is 0 Å². The molecule has 0 atom stereocenters. The topological polar surface area (TPSA) is 110 Å². The minimum Gasteiger partial charge on any atom is -0.462 e. The van der Waals surface area contributed by atoms with Crippen molar-refractivity contribution >= 4 is 23.7 Å². The zero-order valence-corrected chi connectivity index (χ0v) is 12.1. The average Bonchev–Trinajstić information content (AvgIpc) is 2.86. The number of nitrogens with zero attached hydrogens (tertiary/aromatic N) is 3. The van der Waals surface area contributed by atoms with Crippen molar-refractivity contribution in [3.63, 3.8) is 0 Å². The first-order chi connectivity index (χ1) is 10.5. The first-order valence-corrected chi connectivity index (χ1v) is 6.54. The summed E-state index contributed by atoms with van der Waals surface area (Å²) in [7, 11) is 0. The molecule has 2 rings (SSSR count). The highest BCUT2D eigenvalue weighted by Gasteiger charge is 2.19. The van der Waals surface area contributed by atoms with E-state index in [0.717, 1.165) is 0 Å². The number of esters is 1. The average molecular weight is 302 g/mol. The van der Waals surface area contributed by atoms with Gasteiger partial charge in [-0.05, 0) is 19.9 Å². The molecule has 0 amide bonds. The van der Waals surface area contributed by atoms with E-state index >= 15 is 0 Å². The SMILES string of the molecule is CCOC(=O)c1c(N=Cc2ccccc2[N+](=O)[O-])n[nH]c1C. The number of carbonyl (C=O) groups excluding carboxylic acids is 1. The predicted molar refractivity (Wildman–Crippen MR) is 79.6 cm³/mol. The third kappa shape index (κ3) is 3.17. The second-order valence-corrected chi connectivity index (χ2v) is 4.34. The van der Waals surface area contributed by atoms with Gasteiger partial charge in [0.05, 0.1) is 17.1 Å². The second-order valence-electron chi connectivity index (χ2n) is 4.34. The summed E-state index contributed by atoms with van der Waals surface area (Å²) in [4.78, 5) is 26.4. The summed E-state index contributed by atoms with van der Waals surface area (Å²) in [6.07, 6.45) is 1.30. The number of nitro benzene ring substituents is 1. The summed E-state index contributed by atoms with van der Waals surface area (Å²) in [5, 5.41) is 17.5. The van der Waals surface area contributed by atoms with Crippen LogP contribution in [0.2, 0.25) is 0 Å². The number of aryl methyl sites for hydroxylation is 1. The molecule has 1 N–H and O–H groups in total. The first kappa shape index (κ1) is 15.4. The molecule has 0 fully saturated rings. The lowest BCUT2D eigenvalue weighted by atomic mass is 10.2. The number of carbonyl (C=O) groups is 1. The van der Waals surface area contributed by atoms with E-state index in [1.165, 1.54) is 12.3 Å². The van der Waals surface area contributed by atoms with E-state index in [-0.39, 0.29) is 23.7 Å². The van der Waals surface area contributed by atoms with Gasteiger partial charge in [0.25, 0.3) is 5.69 Å². The molecule has 1 aromatic carbocycles. The molecule has 0 saturated heterocycles. The van der Waals surface area contributed by atoms with Crippen molar-refractivity contribution in [2.24, 2.45) is 4.99 Å². The lowest BCUT2D eigenvalue weighted by Crippen LogP contribution is -2.05. The van der Waals surface area contributed by atoms with Gasteiger partial charge in [0.1, 0.15) is 5.56 Å². The largest absolute Gasteiger partial charge is 0.462 e. The number of benzene rings is 1. The van der Waals surface area contributed by atoms with Crippen LogP contribution in [0.3, 0.4) is 0 Å². The van der Waals surface area contributed by atoms with Gasteiger partial charge in [-0.1, -0.05) is 12.1 Å². The summed E-state index contributed by atoms with van der Waals surface area (Å²) >= 11 is 0. The molecule has 0 spiro atoms. The molecular weight excluding hydrogens is 288 g/mol. The normalized spacial score (nSPS) is 10.8. The summed E-state index contributed by atoms with van der Waals surface area (Å²) in [5.41, 5.74) is 0.990. The Hall–Kier alpha value is -3.03. The molecule has 0 unspecified atom stereocenters. The molecule has 0 aliphatic heterocycles. The van der Waals surface area contributed by atoms with E-state index in [9.17, 15) is 14.9 Å². The maximum Gasteiger partial charge on any atom is 0.343 e. The zero-order valence-electron chi connectivity index (χ0n) is 12.1. The zero-order chi connectivity index (χ0) is 16.1. The molecule has 0 aliphatic rings. The van der Waals surface area contributed by atoms with Gasteiger partial charge >= 0.3 is 5.97 Å². The molecular formula is C14H14N4O4. The van der Waals surface area contributed by atoms with E-state index in [2.05, 4.69) is 15.2 Å². The minimum atomic E-state index is -0.538. The van der Waals surface area contributed by atoms with Crippen molar-refractivity contribution in [1.29, 1.82) is 0 Å². The highest BCUT2D eigenvalue weighted by molar-refractivity contribution is 5.97. The van der Waals surface area contributed by atoms with Crippen LogP contribution in [-0.4, -0.2) is 33.9 Å². The first-order valence-electron chi connectivity index (χ1n) is 6.54. The van der Waals surface area contributed by atoms with Gasteiger partial charge in [0.15, 0.2) is 5.82 Å². The maximum atomic E-state index is 11.9. The van der Waals surface area contributed by atoms with Crippen LogP contribution in [0.15, 0.2) is 29.3 Å². The number of hydrogen-bond donors (Lipinski definition) is 1. The Labute approximate surface area is 126 Å². The number of aromatic nitrogens is 2. The van der Waals surface area contributed by atoms with Crippen LogP contribution in [0, 0.1) is 17.0 Å². The van der Waals surface area contributed by atoms with Gasteiger partial charge in [0, 0.05) is 18.0 Å². The number of nitro groups is 1. The quantitative estimate of drug-likeness (QED) is 0.395. The van der Waals surface area contributed by atoms with Gasteiger partial charge in [-0.2, -0.15) is 5.10 Å². The number of rotatable bonds is 5. The fourth-order valence-electron chi connectivity index (χ4n) is 1.85. The second kappa shape index (κ2) is 6.61. The van der Waals surface area contributed by atoms with Crippen molar-refractivity contribution in [2.45, 2.75) is 13.8 Å². The summed E-state index contributed by atoms with van der Waals surface area (Å²) in [5.74, 6) is -0.405. The smallest absolute Gasteiger partial charge is 0.343 e. The fraction of sp³-hybridized carbons (Fsp3) is 0.214. The van der Waals surface area contributed by atoms with Crippen LogP contribution < -0.4 is 0 Å². The van der Waals surface area contributed by atoms with Crippen molar-refractivity contribution in [3.05, 3.63) is 51.2 Å². The fourth-order valence-corrected chi connectivity index (χ4v) is 1.85. The van der Waals surface area contributed by atoms with Crippen LogP contribution in [-0.2, 0) is 4.74 Å². The summed E-state index contributed by atoms with van der Waals surface area (Å²) < 4.78 is 4.94. The Kier molecular flexibility index (Phi) is 4.62. The molecule has 0 radical (unpaired) electrons. The highest BCUT2D eigenvalue weighted by atomic mass is 16.6. The maximum absolute atomic E-state index is 11.9. The van der Waals surface area contributed by atoms with Crippen LogP contribution in [0.25, 0.3) is 0 Å². The number of aromatic amines is 1. The Morgan fingerprint density at radius 1 is 1.50 bits per heavy atom. The number of para-hydroxylation sites is 1. The monoisotopic (exact) mass is 302 g/mol. The van der Waals surface area contributed by atoms with Crippen molar-refractivity contribution in [2.75, 3.05) is 6.61 Å². The number of ether oxygens (including phenoxy) is 1. The molecule has 8 heteroatoms. The van der Waals surface area contributed by atoms with Gasteiger partial charge in [0.2, 0.25) is 0 Å². The van der Waals surface area contributed by atoms with Crippen LogP contribution in [0.1, 0.15) is 28.5 Å². The van der Waals surface area contributed by atoms with Crippen molar-refractivity contribution < 1.29 is 14.5 Å². The van der Waals surface area contributed by atoms with E-state index < -0.39 is 10.9 Å². The van der Waals surface area contributed by atoms with Crippen LogP contribution in [0.5, 0.6) is 0 Å². The Morgan fingerprint density at radius 3 is 2.91 bits per heavy atom. The number of hydrogen-bond acceptors (Lipinski definition) is 6. The molecule has 22 heavy (non-hydrogen) atoms. The van der Waals surface area contributed by atoms with E-state index in [4.69, 9.17) is 4.74 Å². The molecule has 0 saturated carbocycles. The molecule has 1 heterocycles. The van der Waals surface area contributed by atoms with E-state index in [1.54, 1.807) is 32.0 Å². The van der Waals surface area contributed by atoms with Gasteiger partial charge < -0.3 is 4.74 Å². The van der Waals surface area contributed by atoms with Crippen LogP contribution >= 0.6 is 0 Å². The molecule has 2 aromatic rings. The molecule has 0 bridgehead atoms.